The van der Waals surface area contributed by atoms with Gasteiger partial charge in [-0.1, -0.05) is 25.4 Å². The molecule has 26 heavy (non-hydrogen) atoms. The molecule has 0 saturated carbocycles. The number of phenols is 1. The molecule has 1 aliphatic heterocycles. The first-order valence-corrected chi connectivity index (χ1v) is 9.88. The molecule has 1 aromatic heterocycles. The van der Waals surface area contributed by atoms with Crippen LogP contribution in [0.3, 0.4) is 0 Å². The van der Waals surface area contributed by atoms with Gasteiger partial charge in [0.1, 0.15) is 18.0 Å². The molecule has 8 nitrogen and oxygen atoms in total. The third-order valence-electron chi connectivity index (χ3n) is 4.04. The number of hydrogen-bond donors (Lipinski definition) is 2. The molecule has 0 radical (unpaired) electrons. The van der Waals surface area contributed by atoms with Crippen LogP contribution in [-0.4, -0.2) is 35.8 Å². The Balaban J connectivity index is 2.00. The highest BCUT2D eigenvalue weighted by molar-refractivity contribution is 7.92. The van der Waals surface area contributed by atoms with Crippen LogP contribution in [0.4, 0.5) is 5.69 Å². The smallest absolute Gasteiger partial charge is 0.326 e. The van der Waals surface area contributed by atoms with Gasteiger partial charge in [-0.05, 0) is 24.5 Å². The van der Waals surface area contributed by atoms with E-state index in [9.17, 15) is 18.3 Å². The lowest BCUT2D eigenvalue weighted by atomic mass is 10.1. The Morgan fingerprint density at radius 1 is 1.38 bits per heavy atom. The Morgan fingerprint density at radius 3 is 2.73 bits per heavy atom. The largest absolute Gasteiger partial charge is 0.506 e. The van der Waals surface area contributed by atoms with Crippen molar-refractivity contribution in [2.24, 2.45) is 5.92 Å². The Morgan fingerprint density at radius 2 is 2.12 bits per heavy atom. The molecule has 1 aliphatic rings. The van der Waals surface area contributed by atoms with Crippen molar-refractivity contribution in [3.63, 3.8) is 0 Å². The van der Waals surface area contributed by atoms with Crippen molar-refractivity contribution in [1.29, 1.82) is 0 Å². The number of hydrogen-bond acceptors (Lipinski definition) is 5. The SMILES string of the molecule is CC(C)CCn1cc(-c2ccc(O)c(N3CC(=O)NS3(=O)=O)c2Cl)cn1. The molecule has 3 rings (SSSR count). The van der Waals surface area contributed by atoms with E-state index >= 15 is 0 Å². The minimum Gasteiger partial charge on any atom is -0.506 e. The lowest BCUT2D eigenvalue weighted by Gasteiger charge is -2.19. The summed E-state index contributed by atoms with van der Waals surface area (Å²) in [6.07, 6.45) is 4.41. The Hall–Kier alpha value is -2.26. The van der Waals surface area contributed by atoms with Gasteiger partial charge in [0.25, 0.3) is 5.91 Å². The molecule has 10 heteroatoms. The van der Waals surface area contributed by atoms with E-state index in [-0.39, 0.29) is 16.5 Å². The number of carbonyl (C=O) groups excluding carboxylic acids is 1. The zero-order chi connectivity index (χ0) is 19.1. The lowest BCUT2D eigenvalue weighted by Crippen LogP contribution is -2.29. The number of nitrogens with zero attached hydrogens (tertiary/aromatic N) is 3. The van der Waals surface area contributed by atoms with Crippen LogP contribution in [0.1, 0.15) is 20.3 Å². The number of aryl methyl sites for hydroxylation is 1. The number of anilines is 1. The highest BCUT2D eigenvalue weighted by Crippen LogP contribution is 2.43. The zero-order valence-electron chi connectivity index (χ0n) is 14.3. The average Bonchev–Trinajstić information content (AvgIpc) is 3.09. The van der Waals surface area contributed by atoms with Crippen LogP contribution < -0.4 is 9.03 Å². The average molecular weight is 399 g/mol. The fourth-order valence-corrected chi connectivity index (χ4v) is 4.27. The van der Waals surface area contributed by atoms with E-state index in [0.717, 1.165) is 17.3 Å². The van der Waals surface area contributed by atoms with Gasteiger partial charge in [-0.3, -0.25) is 9.48 Å². The molecule has 0 atom stereocenters. The van der Waals surface area contributed by atoms with Crippen molar-refractivity contribution in [2.45, 2.75) is 26.8 Å². The van der Waals surface area contributed by atoms with Crippen LogP contribution >= 0.6 is 11.6 Å². The molecule has 0 bridgehead atoms. The maximum absolute atomic E-state index is 12.1. The molecule has 0 aliphatic carbocycles. The Bertz CT molecular complexity index is 955. The summed E-state index contributed by atoms with van der Waals surface area (Å²) < 4.78 is 28.6. The molecule has 140 valence electrons. The van der Waals surface area contributed by atoms with E-state index < -0.39 is 22.7 Å². The highest BCUT2D eigenvalue weighted by atomic mass is 35.5. The molecular formula is C16H19ClN4O4S. The van der Waals surface area contributed by atoms with Gasteiger partial charge < -0.3 is 5.11 Å². The summed E-state index contributed by atoms with van der Waals surface area (Å²) in [5, 5.41) is 14.5. The number of aromatic nitrogens is 2. The molecule has 0 unspecified atom stereocenters. The second kappa shape index (κ2) is 6.81. The molecule has 1 aromatic carbocycles. The first-order valence-electron chi connectivity index (χ1n) is 8.06. The highest BCUT2D eigenvalue weighted by Gasteiger charge is 2.37. The second-order valence-electron chi connectivity index (χ2n) is 6.51. The topological polar surface area (TPSA) is 105 Å². The molecule has 2 N–H and O–H groups in total. The minimum atomic E-state index is -4.08. The summed E-state index contributed by atoms with van der Waals surface area (Å²) in [6.45, 7) is 4.56. The fraction of sp³-hybridized carbons (Fsp3) is 0.375. The maximum atomic E-state index is 12.1. The van der Waals surface area contributed by atoms with Gasteiger partial charge in [0, 0.05) is 23.9 Å². The number of carbonyl (C=O) groups is 1. The number of halogens is 1. The standard InChI is InChI=1S/C16H19ClN4O4S/c1-10(2)5-6-20-8-11(7-18-20)12-3-4-13(22)16(15(12)17)21-9-14(23)19-26(21,24)25/h3-4,7-8,10,22H,5-6,9H2,1-2H3,(H,19,23). The predicted molar refractivity (Wildman–Crippen MR) is 98.2 cm³/mol. The van der Waals surface area contributed by atoms with Gasteiger partial charge in [0.2, 0.25) is 0 Å². The van der Waals surface area contributed by atoms with E-state index in [1.54, 1.807) is 16.9 Å². The van der Waals surface area contributed by atoms with Crippen LogP contribution in [0.15, 0.2) is 24.5 Å². The normalized spacial score (nSPS) is 16.3. The first-order chi connectivity index (χ1) is 12.2. The van der Waals surface area contributed by atoms with Crippen LogP contribution in [0.25, 0.3) is 11.1 Å². The second-order valence-corrected chi connectivity index (χ2v) is 8.48. The molecule has 2 aromatic rings. The van der Waals surface area contributed by atoms with Gasteiger partial charge in [-0.25, -0.2) is 9.03 Å². The Labute approximate surface area is 156 Å². The van der Waals surface area contributed by atoms with Crippen molar-refractivity contribution in [1.82, 2.24) is 14.5 Å². The summed E-state index contributed by atoms with van der Waals surface area (Å²) in [5.41, 5.74) is 1.08. The number of benzene rings is 1. The number of aromatic hydroxyl groups is 1. The van der Waals surface area contributed by atoms with Crippen LogP contribution in [-0.2, 0) is 21.5 Å². The van der Waals surface area contributed by atoms with Crippen LogP contribution in [0.2, 0.25) is 5.02 Å². The summed E-state index contributed by atoms with van der Waals surface area (Å²) >= 11 is 6.40. The van der Waals surface area contributed by atoms with E-state index in [0.29, 0.717) is 17.0 Å². The number of amides is 1. The predicted octanol–water partition coefficient (Wildman–Crippen LogP) is 2.14. The first kappa shape index (κ1) is 18.5. The van der Waals surface area contributed by atoms with E-state index in [4.69, 9.17) is 11.6 Å². The summed E-state index contributed by atoms with van der Waals surface area (Å²) in [7, 11) is -4.08. The van der Waals surface area contributed by atoms with Crippen molar-refractivity contribution in [3.05, 3.63) is 29.5 Å². The number of nitrogens with one attached hydrogen (secondary N) is 1. The third-order valence-corrected chi connectivity index (χ3v) is 5.80. The van der Waals surface area contributed by atoms with Crippen LogP contribution in [0, 0.1) is 5.92 Å². The number of rotatable bonds is 5. The monoisotopic (exact) mass is 398 g/mol. The Kier molecular flexibility index (Phi) is 4.85. The van der Waals surface area contributed by atoms with E-state index in [2.05, 4.69) is 18.9 Å². The molecule has 0 spiro atoms. The van der Waals surface area contributed by atoms with E-state index in [1.165, 1.54) is 6.07 Å². The van der Waals surface area contributed by atoms with Crippen molar-refractivity contribution in [3.8, 4) is 16.9 Å². The lowest BCUT2D eigenvalue weighted by molar-refractivity contribution is -0.117. The van der Waals surface area contributed by atoms with Crippen LogP contribution in [0.5, 0.6) is 5.75 Å². The molecule has 1 saturated heterocycles. The summed E-state index contributed by atoms with van der Waals surface area (Å²) in [6, 6.07) is 2.93. The van der Waals surface area contributed by atoms with Gasteiger partial charge in [-0.15, -0.1) is 0 Å². The van der Waals surface area contributed by atoms with Gasteiger partial charge in [0.05, 0.1) is 11.2 Å². The quantitative estimate of drug-likeness (QED) is 0.802. The van der Waals surface area contributed by atoms with Gasteiger partial charge >= 0.3 is 10.2 Å². The molecular weight excluding hydrogens is 380 g/mol. The summed E-state index contributed by atoms with van der Waals surface area (Å²) in [5.74, 6) is -0.477. The molecule has 2 heterocycles. The van der Waals surface area contributed by atoms with Gasteiger partial charge in [-0.2, -0.15) is 13.5 Å². The summed E-state index contributed by atoms with van der Waals surface area (Å²) in [4.78, 5) is 11.5. The van der Waals surface area contributed by atoms with Crippen molar-refractivity contribution in [2.75, 3.05) is 10.8 Å². The minimum absolute atomic E-state index is 0.0356. The molecule has 1 fully saturated rings. The van der Waals surface area contributed by atoms with E-state index in [1.807, 2.05) is 10.9 Å². The van der Waals surface area contributed by atoms with Gasteiger partial charge in [0.15, 0.2) is 0 Å². The fourth-order valence-electron chi connectivity index (χ4n) is 2.68. The van der Waals surface area contributed by atoms with Crippen molar-refractivity contribution >= 4 is 33.4 Å². The third kappa shape index (κ3) is 3.49. The number of phenolic OH excluding ortho intramolecular Hbond substituents is 1. The zero-order valence-corrected chi connectivity index (χ0v) is 15.9. The molecule has 1 amide bonds. The van der Waals surface area contributed by atoms with Crippen molar-refractivity contribution < 1.29 is 18.3 Å². The maximum Gasteiger partial charge on any atom is 0.326 e.